The van der Waals surface area contributed by atoms with Gasteiger partial charge in [-0.05, 0) is 24.8 Å². The number of likely N-dealkylation sites (tertiary alicyclic amines) is 1. The van der Waals surface area contributed by atoms with Gasteiger partial charge < -0.3 is 10.2 Å². The van der Waals surface area contributed by atoms with Crippen molar-refractivity contribution in [1.29, 1.82) is 0 Å². The van der Waals surface area contributed by atoms with Crippen molar-refractivity contribution >= 4 is 23.2 Å². The Hall–Kier alpha value is -1.36. The van der Waals surface area contributed by atoms with E-state index in [0.717, 1.165) is 4.88 Å². The van der Waals surface area contributed by atoms with E-state index in [9.17, 15) is 9.59 Å². The second kappa shape index (κ2) is 5.52. The zero-order valence-electron chi connectivity index (χ0n) is 10.7. The second-order valence-corrected chi connectivity index (χ2v) is 5.48. The molecule has 0 saturated carbocycles. The lowest BCUT2D eigenvalue weighted by Gasteiger charge is -2.37. The average molecular weight is 266 g/mol. The third kappa shape index (κ3) is 2.41. The number of piperidine rings is 1. The summed E-state index contributed by atoms with van der Waals surface area (Å²) in [7, 11) is 1.79. The van der Waals surface area contributed by atoms with Crippen molar-refractivity contribution in [2.45, 2.75) is 25.8 Å². The van der Waals surface area contributed by atoms with Crippen LogP contribution in [0.5, 0.6) is 0 Å². The molecule has 0 bridgehead atoms. The van der Waals surface area contributed by atoms with Gasteiger partial charge in [-0.3, -0.25) is 9.59 Å². The molecule has 2 heterocycles. The minimum Gasteiger partial charge on any atom is -0.356 e. The second-order valence-electron chi connectivity index (χ2n) is 4.50. The number of thiophene rings is 1. The van der Waals surface area contributed by atoms with Crippen LogP contribution in [0.1, 0.15) is 30.7 Å². The molecule has 2 amide bonds. The van der Waals surface area contributed by atoms with Gasteiger partial charge in [0, 0.05) is 24.9 Å². The first-order valence-corrected chi connectivity index (χ1v) is 7.10. The number of hydrogen-bond acceptors (Lipinski definition) is 3. The summed E-state index contributed by atoms with van der Waals surface area (Å²) in [6.45, 7) is 2.54. The topological polar surface area (TPSA) is 49.4 Å². The fourth-order valence-electron chi connectivity index (χ4n) is 2.47. The predicted molar refractivity (Wildman–Crippen MR) is 71.2 cm³/mol. The molecule has 1 aromatic rings. The van der Waals surface area contributed by atoms with Crippen LogP contribution in [0.2, 0.25) is 0 Å². The first-order chi connectivity index (χ1) is 8.65. The van der Waals surface area contributed by atoms with Gasteiger partial charge in [-0.2, -0.15) is 0 Å². The highest BCUT2D eigenvalue weighted by atomic mass is 32.1. The summed E-state index contributed by atoms with van der Waals surface area (Å²) in [4.78, 5) is 26.7. The molecule has 4 nitrogen and oxygen atoms in total. The zero-order chi connectivity index (χ0) is 13.1. The van der Waals surface area contributed by atoms with Crippen molar-refractivity contribution in [2.24, 2.45) is 5.92 Å². The van der Waals surface area contributed by atoms with E-state index in [0.29, 0.717) is 19.4 Å². The number of carbonyl (C=O) groups excluding carboxylic acids is 2. The molecule has 1 aromatic heterocycles. The van der Waals surface area contributed by atoms with Crippen LogP contribution in [0.25, 0.3) is 0 Å². The standard InChI is InChI=1S/C13H18N2O2S/c1-3-14-13(17)9-6-7-11(16)15(2)12(9)10-5-4-8-18-10/h4-5,8-9,12H,3,6-7H2,1-2H3,(H,14,17)/t9-,12-/m1/s1. The number of rotatable bonds is 3. The summed E-state index contributed by atoms with van der Waals surface area (Å²) >= 11 is 1.60. The van der Waals surface area contributed by atoms with Crippen LogP contribution in [-0.2, 0) is 9.59 Å². The Labute approximate surface area is 111 Å². The van der Waals surface area contributed by atoms with Gasteiger partial charge in [0.1, 0.15) is 0 Å². The normalized spacial score (nSPS) is 24.1. The predicted octanol–water partition coefficient (Wildman–Crippen LogP) is 1.79. The fraction of sp³-hybridized carbons (Fsp3) is 0.538. The van der Waals surface area contributed by atoms with Crippen LogP contribution in [-0.4, -0.2) is 30.3 Å². The Kier molecular flexibility index (Phi) is 4.01. The number of nitrogens with zero attached hydrogens (tertiary/aromatic N) is 1. The van der Waals surface area contributed by atoms with Gasteiger partial charge in [0.2, 0.25) is 11.8 Å². The Morgan fingerprint density at radius 2 is 2.39 bits per heavy atom. The molecule has 1 aliphatic heterocycles. The maximum Gasteiger partial charge on any atom is 0.225 e. The Bertz CT molecular complexity index is 430. The Morgan fingerprint density at radius 3 is 3.00 bits per heavy atom. The molecule has 2 rings (SSSR count). The average Bonchev–Trinajstić information content (AvgIpc) is 2.86. The number of carbonyl (C=O) groups is 2. The van der Waals surface area contributed by atoms with Crippen LogP contribution in [0, 0.1) is 5.92 Å². The molecular weight excluding hydrogens is 248 g/mol. The van der Waals surface area contributed by atoms with Crippen molar-refractivity contribution in [3.8, 4) is 0 Å². The summed E-state index contributed by atoms with van der Waals surface area (Å²) in [6, 6.07) is 3.84. The molecule has 0 radical (unpaired) electrons. The Balaban J connectivity index is 2.27. The maximum atomic E-state index is 12.1. The van der Waals surface area contributed by atoms with E-state index < -0.39 is 0 Å². The van der Waals surface area contributed by atoms with Crippen molar-refractivity contribution in [3.63, 3.8) is 0 Å². The van der Waals surface area contributed by atoms with Crippen LogP contribution < -0.4 is 5.32 Å². The molecule has 2 atom stereocenters. The van der Waals surface area contributed by atoms with Crippen molar-refractivity contribution in [2.75, 3.05) is 13.6 Å². The van der Waals surface area contributed by atoms with Gasteiger partial charge >= 0.3 is 0 Å². The largest absolute Gasteiger partial charge is 0.356 e. The third-order valence-corrected chi connectivity index (χ3v) is 4.33. The van der Waals surface area contributed by atoms with Crippen LogP contribution in [0.15, 0.2) is 17.5 Å². The summed E-state index contributed by atoms with van der Waals surface area (Å²) in [5, 5.41) is 4.85. The van der Waals surface area contributed by atoms with Crippen molar-refractivity contribution < 1.29 is 9.59 Å². The van der Waals surface area contributed by atoms with E-state index in [2.05, 4.69) is 5.32 Å². The zero-order valence-corrected chi connectivity index (χ0v) is 11.5. The minimum absolute atomic E-state index is 0.0512. The molecule has 1 fully saturated rings. The molecular formula is C13H18N2O2S. The molecule has 1 saturated heterocycles. The quantitative estimate of drug-likeness (QED) is 0.907. The van der Waals surface area contributed by atoms with Crippen LogP contribution in [0.3, 0.4) is 0 Å². The van der Waals surface area contributed by atoms with E-state index in [4.69, 9.17) is 0 Å². The molecule has 0 unspecified atom stereocenters. The molecule has 0 aromatic carbocycles. The first-order valence-electron chi connectivity index (χ1n) is 6.22. The molecule has 5 heteroatoms. The fourth-order valence-corrected chi connectivity index (χ4v) is 3.40. The highest BCUT2D eigenvalue weighted by Crippen LogP contribution is 2.37. The Morgan fingerprint density at radius 1 is 1.61 bits per heavy atom. The number of hydrogen-bond donors (Lipinski definition) is 1. The van der Waals surface area contributed by atoms with E-state index in [1.807, 2.05) is 24.4 Å². The van der Waals surface area contributed by atoms with E-state index in [1.165, 1.54) is 0 Å². The molecule has 1 aliphatic rings. The van der Waals surface area contributed by atoms with Crippen molar-refractivity contribution in [1.82, 2.24) is 10.2 Å². The maximum absolute atomic E-state index is 12.1. The van der Waals surface area contributed by atoms with Gasteiger partial charge in [0.05, 0.1) is 12.0 Å². The van der Waals surface area contributed by atoms with E-state index in [1.54, 1.807) is 23.3 Å². The highest BCUT2D eigenvalue weighted by Gasteiger charge is 2.39. The summed E-state index contributed by atoms with van der Waals surface area (Å²) in [5.41, 5.74) is 0. The molecule has 18 heavy (non-hydrogen) atoms. The summed E-state index contributed by atoms with van der Waals surface area (Å²) in [6.07, 6.45) is 1.09. The summed E-state index contributed by atoms with van der Waals surface area (Å²) in [5.74, 6) is 0.0375. The molecule has 0 aliphatic carbocycles. The van der Waals surface area contributed by atoms with Gasteiger partial charge in [-0.15, -0.1) is 11.3 Å². The SMILES string of the molecule is CCNC(=O)[C@@H]1CCC(=O)N(C)[C@H]1c1cccs1. The molecule has 0 spiro atoms. The van der Waals surface area contributed by atoms with Crippen LogP contribution >= 0.6 is 11.3 Å². The van der Waals surface area contributed by atoms with Gasteiger partial charge in [0.15, 0.2) is 0 Å². The molecule has 98 valence electrons. The van der Waals surface area contributed by atoms with Gasteiger partial charge in [-0.25, -0.2) is 0 Å². The summed E-state index contributed by atoms with van der Waals surface area (Å²) < 4.78 is 0. The lowest BCUT2D eigenvalue weighted by Crippen LogP contribution is -2.46. The number of amides is 2. The van der Waals surface area contributed by atoms with Crippen molar-refractivity contribution in [3.05, 3.63) is 22.4 Å². The van der Waals surface area contributed by atoms with Gasteiger partial charge in [-0.1, -0.05) is 6.07 Å². The lowest BCUT2D eigenvalue weighted by molar-refractivity contribution is -0.141. The third-order valence-electron chi connectivity index (χ3n) is 3.38. The lowest BCUT2D eigenvalue weighted by atomic mass is 9.87. The number of nitrogens with one attached hydrogen (secondary N) is 1. The molecule has 1 N–H and O–H groups in total. The van der Waals surface area contributed by atoms with E-state index >= 15 is 0 Å². The van der Waals surface area contributed by atoms with Gasteiger partial charge in [0.25, 0.3) is 0 Å². The van der Waals surface area contributed by atoms with E-state index in [-0.39, 0.29) is 23.8 Å². The minimum atomic E-state index is -0.133. The highest BCUT2D eigenvalue weighted by molar-refractivity contribution is 7.10. The first kappa shape index (κ1) is 13.1. The smallest absolute Gasteiger partial charge is 0.225 e. The monoisotopic (exact) mass is 266 g/mol. The van der Waals surface area contributed by atoms with Crippen LogP contribution in [0.4, 0.5) is 0 Å².